The SMILES string of the molecule is O=C1CCS(=O)(=O)N1CCC1CCNCC1. The van der Waals surface area contributed by atoms with Crippen LogP contribution < -0.4 is 5.32 Å². The molecule has 5 nitrogen and oxygen atoms in total. The third-order valence-corrected chi connectivity index (χ3v) is 5.16. The molecule has 2 aliphatic rings. The van der Waals surface area contributed by atoms with E-state index in [2.05, 4.69) is 5.32 Å². The van der Waals surface area contributed by atoms with Gasteiger partial charge in [0.2, 0.25) is 15.9 Å². The summed E-state index contributed by atoms with van der Waals surface area (Å²) in [6, 6.07) is 0. The van der Waals surface area contributed by atoms with Crippen molar-refractivity contribution in [3.8, 4) is 0 Å². The van der Waals surface area contributed by atoms with Gasteiger partial charge in [-0.15, -0.1) is 0 Å². The number of sulfonamides is 1. The van der Waals surface area contributed by atoms with Crippen molar-refractivity contribution in [3.63, 3.8) is 0 Å². The molecule has 0 bridgehead atoms. The molecule has 0 aromatic rings. The lowest BCUT2D eigenvalue weighted by Crippen LogP contribution is -2.34. The summed E-state index contributed by atoms with van der Waals surface area (Å²) in [6.07, 6.45) is 3.14. The zero-order valence-corrected chi connectivity index (χ0v) is 10.1. The van der Waals surface area contributed by atoms with Crippen molar-refractivity contribution >= 4 is 15.9 Å². The molecule has 0 unspecified atom stereocenters. The Balaban J connectivity index is 1.87. The Morgan fingerprint density at radius 3 is 2.56 bits per heavy atom. The van der Waals surface area contributed by atoms with Gasteiger partial charge in [-0.25, -0.2) is 12.7 Å². The molecule has 16 heavy (non-hydrogen) atoms. The monoisotopic (exact) mass is 246 g/mol. The van der Waals surface area contributed by atoms with Crippen molar-refractivity contribution < 1.29 is 13.2 Å². The van der Waals surface area contributed by atoms with Crippen LogP contribution in [0.1, 0.15) is 25.7 Å². The summed E-state index contributed by atoms with van der Waals surface area (Å²) >= 11 is 0. The molecule has 2 fully saturated rings. The molecule has 2 saturated heterocycles. The number of piperidine rings is 1. The van der Waals surface area contributed by atoms with Gasteiger partial charge in [0.15, 0.2) is 0 Å². The zero-order chi connectivity index (χ0) is 11.6. The molecular weight excluding hydrogens is 228 g/mol. The van der Waals surface area contributed by atoms with Crippen LogP contribution >= 0.6 is 0 Å². The second-order valence-corrected chi connectivity index (χ2v) is 6.53. The van der Waals surface area contributed by atoms with E-state index in [1.807, 2.05) is 0 Å². The third kappa shape index (κ3) is 2.55. The maximum Gasteiger partial charge on any atom is 0.237 e. The Hall–Kier alpha value is -0.620. The molecule has 0 radical (unpaired) electrons. The second-order valence-electron chi connectivity index (χ2n) is 4.51. The van der Waals surface area contributed by atoms with Gasteiger partial charge < -0.3 is 5.32 Å². The molecule has 92 valence electrons. The van der Waals surface area contributed by atoms with E-state index in [0.29, 0.717) is 12.5 Å². The van der Waals surface area contributed by atoms with Crippen LogP contribution in [0.15, 0.2) is 0 Å². The quantitative estimate of drug-likeness (QED) is 0.757. The van der Waals surface area contributed by atoms with Crippen molar-refractivity contribution in [3.05, 3.63) is 0 Å². The smallest absolute Gasteiger partial charge is 0.237 e. The molecule has 0 atom stereocenters. The average molecular weight is 246 g/mol. The first kappa shape index (κ1) is 11.9. The van der Waals surface area contributed by atoms with E-state index in [-0.39, 0.29) is 18.1 Å². The minimum atomic E-state index is -3.27. The molecular formula is C10H18N2O3S. The molecule has 0 spiro atoms. The van der Waals surface area contributed by atoms with Crippen LogP contribution in [0.4, 0.5) is 0 Å². The number of hydrogen-bond donors (Lipinski definition) is 1. The Kier molecular flexibility index (Phi) is 3.49. The van der Waals surface area contributed by atoms with Crippen molar-refractivity contribution in [1.29, 1.82) is 0 Å². The predicted molar refractivity (Wildman–Crippen MR) is 60.3 cm³/mol. The summed E-state index contributed by atoms with van der Waals surface area (Å²) < 4.78 is 24.2. The van der Waals surface area contributed by atoms with Gasteiger partial charge in [-0.2, -0.15) is 0 Å². The standard InChI is InChI=1S/C10H18N2O3S/c13-10-4-8-16(14,15)12(10)7-3-9-1-5-11-6-2-9/h9,11H,1-8H2. The highest BCUT2D eigenvalue weighted by atomic mass is 32.2. The van der Waals surface area contributed by atoms with Gasteiger partial charge >= 0.3 is 0 Å². The third-order valence-electron chi connectivity index (χ3n) is 3.39. The lowest BCUT2D eigenvalue weighted by atomic mass is 9.95. The van der Waals surface area contributed by atoms with Crippen LogP contribution in [-0.2, 0) is 14.8 Å². The topological polar surface area (TPSA) is 66.5 Å². The van der Waals surface area contributed by atoms with E-state index in [4.69, 9.17) is 0 Å². The van der Waals surface area contributed by atoms with E-state index in [1.54, 1.807) is 0 Å². The highest BCUT2D eigenvalue weighted by molar-refractivity contribution is 7.90. The first-order valence-corrected chi connectivity index (χ1v) is 7.44. The summed E-state index contributed by atoms with van der Waals surface area (Å²) in [7, 11) is -3.27. The number of nitrogens with zero attached hydrogens (tertiary/aromatic N) is 1. The molecule has 2 rings (SSSR count). The predicted octanol–water partition coefficient (Wildman–Crippen LogP) is -0.0618. The average Bonchev–Trinajstić information content (AvgIpc) is 2.52. The normalized spacial score (nSPS) is 26.2. The summed E-state index contributed by atoms with van der Waals surface area (Å²) in [4.78, 5) is 11.4. The lowest BCUT2D eigenvalue weighted by molar-refractivity contribution is -0.125. The molecule has 2 heterocycles. The van der Waals surface area contributed by atoms with E-state index in [9.17, 15) is 13.2 Å². The largest absolute Gasteiger partial charge is 0.317 e. The highest BCUT2D eigenvalue weighted by Gasteiger charge is 2.34. The van der Waals surface area contributed by atoms with Crippen LogP contribution in [0.3, 0.4) is 0 Å². The Bertz CT molecular complexity index is 360. The number of nitrogens with one attached hydrogen (secondary N) is 1. The molecule has 0 aromatic carbocycles. The number of amides is 1. The van der Waals surface area contributed by atoms with Crippen molar-refractivity contribution in [2.24, 2.45) is 5.92 Å². The van der Waals surface area contributed by atoms with Crippen LogP contribution in [0.5, 0.6) is 0 Å². The van der Waals surface area contributed by atoms with Crippen LogP contribution in [0, 0.1) is 5.92 Å². The number of carbonyl (C=O) groups is 1. The minimum absolute atomic E-state index is 0.00193. The van der Waals surface area contributed by atoms with Crippen LogP contribution in [0.25, 0.3) is 0 Å². The van der Waals surface area contributed by atoms with E-state index in [1.165, 1.54) is 0 Å². The molecule has 1 N–H and O–H groups in total. The van der Waals surface area contributed by atoms with Crippen molar-refractivity contribution in [1.82, 2.24) is 9.62 Å². The van der Waals surface area contributed by atoms with Gasteiger partial charge in [0, 0.05) is 13.0 Å². The Labute approximate surface area is 96.2 Å². The van der Waals surface area contributed by atoms with Crippen LogP contribution in [0.2, 0.25) is 0 Å². The van der Waals surface area contributed by atoms with Gasteiger partial charge in [0.05, 0.1) is 5.75 Å². The summed E-state index contributed by atoms with van der Waals surface area (Å²) in [6.45, 7) is 2.39. The Morgan fingerprint density at radius 2 is 2.00 bits per heavy atom. The van der Waals surface area contributed by atoms with Gasteiger partial charge in [-0.05, 0) is 38.3 Å². The first-order valence-electron chi connectivity index (χ1n) is 5.83. The van der Waals surface area contributed by atoms with Gasteiger partial charge in [0.1, 0.15) is 0 Å². The number of carbonyl (C=O) groups excluding carboxylic acids is 1. The molecule has 6 heteroatoms. The maximum absolute atomic E-state index is 11.5. The highest BCUT2D eigenvalue weighted by Crippen LogP contribution is 2.20. The summed E-state index contributed by atoms with van der Waals surface area (Å²) in [5.74, 6) is 0.330. The Morgan fingerprint density at radius 1 is 1.31 bits per heavy atom. The molecule has 2 aliphatic heterocycles. The number of hydrogen-bond acceptors (Lipinski definition) is 4. The molecule has 0 aliphatic carbocycles. The van der Waals surface area contributed by atoms with Crippen LogP contribution in [-0.4, -0.2) is 44.0 Å². The second kappa shape index (κ2) is 4.71. The maximum atomic E-state index is 11.5. The van der Waals surface area contributed by atoms with Crippen molar-refractivity contribution in [2.75, 3.05) is 25.4 Å². The van der Waals surface area contributed by atoms with E-state index in [0.717, 1.165) is 36.7 Å². The molecule has 0 aromatic heterocycles. The van der Waals surface area contributed by atoms with Gasteiger partial charge in [-0.3, -0.25) is 4.79 Å². The fourth-order valence-corrected chi connectivity index (χ4v) is 3.78. The lowest BCUT2D eigenvalue weighted by Gasteiger charge is -2.24. The fourth-order valence-electron chi connectivity index (χ4n) is 2.34. The minimum Gasteiger partial charge on any atom is -0.317 e. The first-order chi connectivity index (χ1) is 7.59. The van der Waals surface area contributed by atoms with E-state index < -0.39 is 10.0 Å². The zero-order valence-electron chi connectivity index (χ0n) is 9.31. The van der Waals surface area contributed by atoms with Crippen molar-refractivity contribution in [2.45, 2.75) is 25.7 Å². The number of rotatable bonds is 3. The van der Waals surface area contributed by atoms with Gasteiger partial charge in [0.25, 0.3) is 0 Å². The summed E-state index contributed by atoms with van der Waals surface area (Å²) in [5.41, 5.74) is 0. The molecule has 1 amide bonds. The molecule has 0 saturated carbocycles. The summed E-state index contributed by atoms with van der Waals surface area (Å²) in [5, 5.41) is 3.27. The van der Waals surface area contributed by atoms with Gasteiger partial charge in [-0.1, -0.05) is 0 Å². The fraction of sp³-hybridized carbons (Fsp3) is 0.900. The van der Waals surface area contributed by atoms with E-state index >= 15 is 0 Å².